The molecule has 0 bridgehead atoms. The van der Waals surface area contributed by atoms with Gasteiger partial charge in [0.2, 0.25) is 0 Å². The minimum atomic E-state index is -0.851. The van der Waals surface area contributed by atoms with Crippen molar-refractivity contribution in [1.82, 2.24) is 0 Å². The van der Waals surface area contributed by atoms with Crippen LogP contribution in [-0.2, 0) is 47.7 Å². The lowest BCUT2D eigenvalue weighted by Crippen LogP contribution is -2.39. The Hall–Kier alpha value is -5.90. The zero-order valence-electron chi connectivity index (χ0n) is 46.6. The summed E-state index contributed by atoms with van der Waals surface area (Å²) in [6.45, 7) is 28.2. The average molecular weight is 1020 g/mol. The Morgan fingerprint density at radius 2 is 0.878 bits per heavy atom. The SMILES string of the molecule is C=C/C(C)=C/C=C/C(C)=C/C=C/C=C(C)/C=C/C=C(C)/C=C/C1=C(C)C(=O)C(OC(=O)CCC(=O)OCC2CCCCC2)CC1(C)C.C=CC1=C(C)C(=O)C(OC(=O)CCC(=O)OCC2CCCCC2)CC1(C)C. The summed E-state index contributed by atoms with van der Waals surface area (Å²) in [6.07, 6.45) is 38.5. The molecule has 10 nitrogen and oxygen atoms in total. The van der Waals surface area contributed by atoms with Crippen LogP contribution in [-0.4, -0.2) is 60.9 Å². The number of hydrogen-bond donors (Lipinski definition) is 0. The second-order valence-corrected chi connectivity index (χ2v) is 21.8. The Morgan fingerprint density at radius 3 is 1.30 bits per heavy atom. The Balaban J connectivity index is 0.000000451. The van der Waals surface area contributed by atoms with Gasteiger partial charge in [-0.25, -0.2) is 0 Å². The number of allylic oxidation sites excluding steroid dienone is 20. The van der Waals surface area contributed by atoms with Gasteiger partial charge in [-0.1, -0.05) is 187 Å². The summed E-state index contributed by atoms with van der Waals surface area (Å²) in [5.74, 6) is -1.33. The van der Waals surface area contributed by atoms with E-state index in [0.29, 0.717) is 49.0 Å². The molecular formula is C64H88O10. The molecule has 0 aromatic carbocycles. The van der Waals surface area contributed by atoms with Crippen molar-refractivity contribution in [2.75, 3.05) is 13.2 Å². The fourth-order valence-corrected chi connectivity index (χ4v) is 9.75. The maximum absolute atomic E-state index is 13.2. The first-order valence-corrected chi connectivity index (χ1v) is 26.9. The molecule has 0 aliphatic heterocycles. The normalized spacial score (nSPS) is 21.5. The molecule has 4 rings (SSSR count). The molecule has 404 valence electrons. The van der Waals surface area contributed by atoms with Crippen molar-refractivity contribution in [1.29, 1.82) is 0 Å². The van der Waals surface area contributed by atoms with Crippen LogP contribution >= 0.6 is 0 Å². The number of ether oxygens (including phenoxy) is 4. The maximum Gasteiger partial charge on any atom is 0.307 e. The molecule has 0 heterocycles. The highest BCUT2D eigenvalue weighted by atomic mass is 16.6. The number of Topliss-reactive ketones (excluding diaryl/α,β-unsaturated/α-hetero) is 2. The molecule has 2 unspecified atom stereocenters. The number of carbonyl (C=O) groups excluding carboxylic acids is 6. The summed E-state index contributed by atoms with van der Waals surface area (Å²) in [7, 11) is 0. The third kappa shape index (κ3) is 22.3. The highest BCUT2D eigenvalue weighted by Crippen LogP contribution is 2.42. The third-order valence-electron chi connectivity index (χ3n) is 14.3. The Labute approximate surface area is 444 Å². The first-order valence-electron chi connectivity index (χ1n) is 26.9. The standard InChI is InChI=1S/C42H56O5.C22H32O5/c1-9-31(2)19-15-20-32(3)17-13-14-18-33(4)21-16-22-34(5)25-26-37-35(6)41(45)38(29-42(37,7)8)47-40(44)28-27-39(43)46-30-36-23-11-10-12-24-36;1-5-17-15(2)21(25)18(13-22(17,3)4)27-20(24)12-11-19(23)26-14-16-9-7-6-8-10-16/h9,13-22,25-26,36,38H,1,10-12,23-24,27-30H2,2-8H3;5,16,18H,1,6-14H2,2-4H3/b14-13+,20-15+,21-16+,26-25+,31-19+,32-17+,33-18+,34-22+;. The van der Waals surface area contributed by atoms with Crippen LogP contribution in [0.5, 0.6) is 0 Å². The average Bonchev–Trinajstić information content (AvgIpc) is 3.36. The van der Waals surface area contributed by atoms with Crippen LogP contribution in [0.4, 0.5) is 0 Å². The minimum absolute atomic E-state index is 0.0113. The number of rotatable bonds is 22. The van der Waals surface area contributed by atoms with Crippen LogP contribution in [0.3, 0.4) is 0 Å². The van der Waals surface area contributed by atoms with Crippen LogP contribution in [0.2, 0.25) is 0 Å². The van der Waals surface area contributed by atoms with Crippen LogP contribution in [0.25, 0.3) is 0 Å². The molecule has 4 aliphatic rings. The predicted molar refractivity (Wildman–Crippen MR) is 297 cm³/mol. The van der Waals surface area contributed by atoms with Crippen molar-refractivity contribution in [2.45, 2.75) is 184 Å². The van der Waals surface area contributed by atoms with E-state index in [2.05, 4.69) is 65.2 Å². The predicted octanol–water partition coefficient (Wildman–Crippen LogP) is 14.6. The van der Waals surface area contributed by atoms with Gasteiger partial charge in [0, 0.05) is 12.8 Å². The molecule has 0 aromatic rings. The van der Waals surface area contributed by atoms with E-state index < -0.39 is 24.1 Å². The molecule has 74 heavy (non-hydrogen) atoms. The van der Waals surface area contributed by atoms with E-state index in [0.717, 1.165) is 59.1 Å². The van der Waals surface area contributed by atoms with Gasteiger partial charge >= 0.3 is 23.9 Å². The highest BCUT2D eigenvalue weighted by molar-refractivity contribution is 6.02. The summed E-state index contributed by atoms with van der Waals surface area (Å²) in [4.78, 5) is 74.3. The monoisotopic (exact) mass is 1020 g/mol. The summed E-state index contributed by atoms with van der Waals surface area (Å²) in [5.41, 5.74) is 6.80. The Bertz CT molecular complexity index is 2320. The van der Waals surface area contributed by atoms with Crippen LogP contribution in [0.15, 0.2) is 143 Å². The molecule has 10 heteroatoms. The number of hydrogen-bond acceptors (Lipinski definition) is 10. The third-order valence-corrected chi connectivity index (χ3v) is 14.3. The van der Waals surface area contributed by atoms with Gasteiger partial charge in [0.05, 0.1) is 38.9 Å². The first kappa shape index (κ1) is 62.4. The maximum atomic E-state index is 13.2. The molecule has 4 aliphatic carbocycles. The Kier molecular flexibility index (Phi) is 26.8. The van der Waals surface area contributed by atoms with E-state index >= 15 is 0 Å². The second kappa shape index (κ2) is 31.7. The Morgan fingerprint density at radius 1 is 0.514 bits per heavy atom. The summed E-state index contributed by atoms with van der Waals surface area (Å²) in [5, 5.41) is 0. The fraction of sp³-hybridized carbons (Fsp3) is 0.531. The van der Waals surface area contributed by atoms with E-state index in [4.69, 9.17) is 18.9 Å². The zero-order chi connectivity index (χ0) is 54.8. The second-order valence-electron chi connectivity index (χ2n) is 21.8. The summed E-state index contributed by atoms with van der Waals surface area (Å²) >= 11 is 0. The molecule has 0 N–H and O–H groups in total. The van der Waals surface area contributed by atoms with Crippen molar-refractivity contribution in [3.8, 4) is 0 Å². The summed E-state index contributed by atoms with van der Waals surface area (Å²) in [6, 6.07) is 0. The molecule has 0 radical (unpaired) electrons. The largest absolute Gasteiger partial charge is 0.465 e. The molecule has 2 saturated carbocycles. The van der Waals surface area contributed by atoms with Crippen LogP contribution < -0.4 is 0 Å². The van der Waals surface area contributed by atoms with Gasteiger partial charge in [0.25, 0.3) is 0 Å². The minimum Gasteiger partial charge on any atom is -0.465 e. The van der Waals surface area contributed by atoms with Gasteiger partial charge in [0.1, 0.15) is 0 Å². The fourth-order valence-electron chi connectivity index (χ4n) is 9.75. The van der Waals surface area contributed by atoms with E-state index in [9.17, 15) is 28.8 Å². The van der Waals surface area contributed by atoms with Crippen molar-refractivity contribution in [3.63, 3.8) is 0 Å². The van der Waals surface area contributed by atoms with Crippen LogP contribution in [0.1, 0.15) is 172 Å². The van der Waals surface area contributed by atoms with Crippen LogP contribution in [0, 0.1) is 22.7 Å². The smallest absolute Gasteiger partial charge is 0.307 e. The van der Waals surface area contributed by atoms with Gasteiger partial charge in [-0.2, -0.15) is 0 Å². The van der Waals surface area contributed by atoms with Gasteiger partial charge < -0.3 is 18.9 Å². The lowest BCUT2D eigenvalue weighted by atomic mass is 9.71. The molecule has 2 atom stereocenters. The van der Waals surface area contributed by atoms with E-state index in [1.54, 1.807) is 19.9 Å². The molecule has 0 spiro atoms. The molecule has 0 aromatic heterocycles. The number of carbonyl (C=O) groups is 6. The van der Waals surface area contributed by atoms with E-state index in [1.807, 2.05) is 82.4 Å². The van der Waals surface area contributed by atoms with Gasteiger partial charge in [0.15, 0.2) is 23.8 Å². The first-order chi connectivity index (χ1) is 35.1. The van der Waals surface area contributed by atoms with Gasteiger partial charge in [-0.3, -0.25) is 28.8 Å². The lowest BCUT2D eigenvalue weighted by Gasteiger charge is -2.36. The van der Waals surface area contributed by atoms with Crippen molar-refractivity contribution < 1.29 is 47.7 Å². The molecule has 0 saturated heterocycles. The van der Waals surface area contributed by atoms with Crippen molar-refractivity contribution in [2.24, 2.45) is 22.7 Å². The van der Waals surface area contributed by atoms with Gasteiger partial charge in [-0.05, 0) is 112 Å². The van der Waals surface area contributed by atoms with Crippen molar-refractivity contribution >= 4 is 35.4 Å². The summed E-state index contributed by atoms with van der Waals surface area (Å²) < 4.78 is 21.6. The van der Waals surface area contributed by atoms with Gasteiger partial charge in [-0.15, -0.1) is 0 Å². The van der Waals surface area contributed by atoms with Crippen molar-refractivity contribution in [3.05, 3.63) is 143 Å². The van der Waals surface area contributed by atoms with E-state index in [1.165, 1.54) is 38.5 Å². The quantitative estimate of drug-likeness (QED) is 0.0585. The molecular weight excluding hydrogens is 929 g/mol. The molecule has 0 amide bonds. The zero-order valence-corrected chi connectivity index (χ0v) is 46.6. The highest BCUT2D eigenvalue weighted by Gasteiger charge is 2.41. The molecule has 2 fully saturated rings. The lowest BCUT2D eigenvalue weighted by molar-refractivity contribution is -0.158. The number of ketones is 2. The topological polar surface area (TPSA) is 139 Å². The van der Waals surface area contributed by atoms with E-state index in [-0.39, 0.29) is 60.0 Å². The number of esters is 4.